The van der Waals surface area contributed by atoms with Gasteiger partial charge in [-0.15, -0.1) is 0 Å². The van der Waals surface area contributed by atoms with Gasteiger partial charge in [-0.2, -0.15) is 0 Å². The summed E-state index contributed by atoms with van der Waals surface area (Å²) in [5.41, 5.74) is 4.14. The predicted molar refractivity (Wildman–Crippen MR) is 61.7 cm³/mol. The second kappa shape index (κ2) is 4.99. The largest absolute Gasteiger partial charge is 0.250 e. The van der Waals surface area contributed by atoms with Crippen molar-refractivity contribution in [3.63, 3.8) is 0 Å². The van der Waals surface area contributed by atoms with Crippen molar-refractivity contribution in [1.29, 1.82) is 0 Å². The van der Waals surface area contributed by atoms with Crippen LogP contribution >= 0.6 is 23.2 Å². The summed E-state index contributed by atoms with van der Waals surface area (Å²) in [4.78, 5) is 0. The highest BCUT2D eigenvalue weighted by Crippen LogP contribution is 2.29. The van der Waals surface area contributed by atoms with Gasteiger partial charge in [-0.05, 0) is 19.1 Å². The molecule has 0 saturated carbocycles. The standard InChI is InChI=1S/C10H14Cl2N2/c1-7(13-14(2)3)10-8(11)5-4-6-9(10)12/h4-7,13H,1-3H3. The van der Waals surface area contributed by atoms with Gasteiger partial charge >= 0.3 is 0 Å². The molecule has 14 heavy (non-hydrogen) atoms. The molecule has 78 valence electrons. The van der Waals surface area contributed by atoms with Gasteiger partial charge in [-0.1, -0.05) is 29.3 Å². The summed E-state index contributed by atoms with van der Waals surface area (Å²) in [6.45, 7) is 2.02. The van der Waals surface area contributed by atoms with Gasteiger partial charge in [0.05, 0.1) is 0 Å². The maximum Gasteiger partial charge on any atom is 0.0469 e. The van der Waals surface area contributed by atoms with Gasteiger partial charge in [-0.3, -0.25) is 5.01 Å². The van der Waals surface area contributed by atoms with E-state index in [9.17, 15) is 0 Å². The molecular weight excluding hydrogens is 219 g/mol. The molecule has 0 aliphatic heterocycles. The number of hydrazine groups is 1. The van der Waals surface area contributed by atoms with Crippen LogP contribution < -0.4 is 5.43 Å². The monoisotopic (exact) mass is 232 g/mol. The summed E-state index contributed by atoms with van der Waals surface area (Å²) in [5.74, 6) is 0. The maximum absolute atomic E-state index is 6.06. The number of hydrogen-bond donors (Lipinski definition) is 1. The fourth-order valence-corrected chi connectivity index (χ4v) is 2.10. The van der Waals surface area contributed by atoms with E-state index in [1.807, 2.05) is 44.2 Å². The molecule has 0 saturated heterocycles. The first kappa shape index (κ1) is 11.8. The van der Waals surface area contributed by atoms with Crippen LogP contribution in [0, 0.1) is 0 Å². The van der Waals surface area contributed by atoms with Crippen molar-refractivity contribution in [3.8, 4) is 0 Å². The first-order chi connectivity index (χ1) is 6.52. The molecule has 1 atom stereocenters. The highest BCUT2D eigenvalue weighted by atomic mass is 35.5. The van der Waals surface area contributed by atoms with E-state index in [1.54, 1.807) is 0 Å². The minimum Gasteiger partial charge on any atom is -0.250 e. The Hall–Kier alpha value is -0.280. The molecule has 0 radical (unpaired) electrons. The van der Waals surface area contributed by atoms with Gasteiger partial charge in [0, 0.05) is 35.7 Å². The lowest BCUT2D eigenvalue weighted by atomic mass is 10.1. The lowest BCUT2D eigenvalue weighted by Gasteiger charge is -2.21. The van der Waals surface area contributed by atoms with E-state index in [1.165, 1.54) is 0 Å². The normalized spacial score (nSPS) is 13.3. The molecule has 0 aliphatic rings. The summed E-state index contributed by atoms with van der Waals surface area (Å²) >= 11 is 12.1. The zero-order chi connectivity index (χ0) is 10.7. The van der Waals surface area contributed by atoms with E-state index >= 15 is 0 Å². The van der Waals surface area contributed by atoms with Crippen molar-refractivity contribution in [3.05, 3.63) is 33.8 Å². The molecule has 2 nitrogen and oxygen atoms in total. The van der Waals surface area contributed by atoms with Gasteiger partial charge in [-0.25, -0.2) is 5.43 Å². The van der Waals surface area contributed by atoms with Crippen LogP contribution in [-0.2, 0) is 0 Å². The SMILES string of the molecule is CC(NN(C)C)c1c(Cl)cccc1Cl. The predicted octanol–water partition coefficient (Wildman–Crippen LogP) is 3.12. The van der Waals surface area contributed by atoms with E-state index in [2.05, 4.69) is 5.43 Å². The Labute approximate surface area is 94.8 Å². The molecule has 1 aromatic carbocycles. The lowest BCUT2D eigenvalue weighted by Crippen LogP contribution is -2.33. The second-order valence-electron chi connectivity index (χ2n) is 3.38. The van der Waals surface area contributed by atoms with Crippen LogP contribution in [0.15, 0.2) is 18.2 Å². The van der Waals surface area contributed by atoms with Gasteiger partial charge in [0.15, 0.2) is 0 Å². The van der Waals surface area contributed by atoms with Gasteiger partial charge in [0.2, 0.25) is 0 Å². The Bertz CT molecular complexity index is 293. The van der Waals surface area contributed by atoms with Crippen LogP contribution in [0.4, 0.5) is 0 Å². The molecule has 1 unspecified atom stereocenters. The van der Waals surface area contributed by atoms with Crippen molar-refractivity contribution in [2.45, 2.75) is 13.0 Å². The molecule has 0 fully saturated rings. The molecule has 1 aromatic rings. The second-order valence-corrected chi connectivity index (χ2v) is 4.19. The van der Waals surface area contributed by atoms with Crippen LogP contribution in [0.3, 0.4) is 0 Å². The molecule has 0 amide bonds. The van der Waals surface area contributed by atoms with Crippen LogP contribution in [0.2, 0.25) is 10.0 Å². The van der Waals surface area contributed by atoms with E-state index in [0.29, 0.717) is 10.0 Å². The van der Waals surface area contributed by atoms with Gasteiger partial charge in [0.25, 0.3) is 0 Å². The topological polar surface area (TPSA) is 15.3 Å². The Morgan fingerprint density at radius 3 is 2.14 bits per heavy atom. The number of rotatable bonds is 3. The quantitative estimate of drug-likeness (QED) is 0.807. The van der Waals surface area contributed by atoms with Crippen molar-refractivity contribution in [2.75, 3.05) is 14.1 Å². The van der Waals surface area contributed by atoms with E-state index < -0.39 is 0 Å². The van der Waals surface area contributed by atoms with Crippen LogP contribution in [0.5, 0.6) is 0 Å². The average Bonchev–Trinajstić information content (AvgIpc) is 2.01. The van der Waals surface area contributed by atoms with Crippen molar-refractivity contribution < 1.29 is 0 Å². The van der Waals surface area contributed by atoms with Crippen LogP contribution in [-0.4, -0.2) is 19.1 Å². The molecule has 0 aromatic heterocycles. The Balaban J connectivity index is 2.94. The van der Waals surface area contributed by atoms with Gasteiger partial charge in [0.1, 0.15) is 0 Å². The summed E-state index contributed by atoms with van der Waals surface area (Å²) in [5, 5.41) is 3.27. The van der Waals surface area contributed by atoms with Crippen LogP contribution in [0.25, 0.3) is 0 Å². The fraction of sp³-hybridized carbons (Fsp3) is 0.400. The summed E-state index contributed by atoms with van der Waals surface area (Å²) in [7, 11) is 3.86. The number of nitrogens with zero attached hydrogens (tertiary/aromatic N) is 1. The maximum atomic E-state index is 6.06. The van der Waals surface area contributed by atoms with E-state index in [4.69, 9.17) is 23.2 Å². The highest BCUT2D eigenvalue weighted by molar-refractivity contribution is 6.36. The number of halogens is 2. The molecule has 4 heteroatoms. The molecule has 1 rings (SSSR count). The number of benzene rings is 1. The third kappa shape index (κ3) is 2.85. The first-order valence-electron chi connectivity index (χ1n) is 4.39. The zero-order valence-electron chi connectivity index (χ0n) is 8.51. The zero-order valence-corrected chi connectivity index (χ0v) is 10.0. The summed E-state index contributed by atoms with van der Waals surface area (Å²) < 4.78 is 0. The Kier molecular flexibility index (Phi) is 4.20. The van der Waals surface area contributed by atoms with E-state index in [0.717, 1.165) is 5.56 Å². The van der Waals surface area contributed by atoms with E-state index in [-0.39, 0.29) is 6.04 Å². The number of nitrogens with one attached hydrogen (secondary N) is 1. The Morgan fingerprint density at radius 1 is 1.21 bits per heavy atom. The first-order valence-corrected chi connectivity index (χ1v) is 5.15. The smallest absolute Gasteiger partial charge is 0.0469 e. The molecule has 0 heterocycles. The minimum atomic E-state index is 0.103. The third-order valence-corrected chi connectivity index (χ3v) is 2.54. The Morgan fingerprint density at radius 2 is 1.71 bits per heavy atom. The minimum absolute atomic E-state index is 0.103. The van der Waals surface area contributed by atoms with Crippen molar-refractivity contribution in [2.24, 2.45) is 0 Å². The van der Waals surface area contributed by atoms with Crippen LogP contribution in [0.1, 0.15) is 18.5 Å². The molecule has 1 N–H and O–H groups in total. The van der Waals surface area contributed by atoms with Crippen molar-refractivity contribution >= 4 is 23.2 Å². The average molecular weight is 233 g/mol. The summed E-state index contributed by atoms with van der Waals surface area (Å²) in [6, 6.07) is 5.63. The summed E-state index contributed by atoms with van der Waals surface area (Å²) in [6.07, 6.45) is 0. The van der Waals surface area contributed by atoms with Gasteiger partial charge < -0.3 is 0 Å². The molecule has 0 bridgehead atoms. The highest BCUT2D eigenvalue weighted by Gasteiger charge is 2.13. The third-order valence-electron chi connectivity index (χ3n) is 1.88. The molecular formula is C10H14Cl2N2. The molecule has 0 aliphatic carbocycles. The molecule has 0 spiro atoms. The van der Waals surface area contributed by atoms with Crippen molar-refractivity contribution in [1.82, 2.24) is 10.4 Å². The lowest BCUT2D eigenvalue weighted by molar-refractivity contribution is 0.252. The fourth-order valence-electron chi connectivity index (χ4n) is 1.38. The number of hydrogen-bond acceptors (Lipinski definition) is 2.